The summed E-state index contributed by atoms with van der Waals surface area (Å²) in [4.78, 5) is 22.4. The van der Waals surface area contributed by atoms with E-state index in [-0.39, 0.29) is 25.5 Å². The number of aliphatic hydroxyl groups is 1. The SMILES string of the molecule is COc1cccc([C@H]2OC(c3ccc(OCCCO)cc3)=N[C@@]2(Cc2ccccc2N=[N+]=[N-])C(=O)NCc2ccc(OC(F)(F)F)cc2)c1. The summed E-state index contributed by atoms with van der Waals surface area (Å²) in [6, 6.07) is 25.9. The average molecular weight is 676 g/mol. The average Bonchev–Trinajstić information content (AvgIpc) is 3.49. The number of aliphatic imine (C=N–C) groups is 1. The second kappa shape index (κ2) is 15.5. The quantitative estimate of drug-likeness (QED) is 0.0630. The fraction of sp³-hybridized carbons (Fsp3) is 0.257. The number of hydrogen-bond donors (Lipinski definition) is 2. The van der Waals surface area contributed by atoms with Gasteiger partial charge >= 0.3 is 6.36 Å². The van der Waals surface area contributed by atoms with Crippen LogP contribution in [0.5, 0.6) is 17.2 Å². The van der Waals surface area contributed by atoms with Crippen LogP contribution in [-0.4, -0.2) is 49.1 Å². The van der Waals surface area contributed by atoms with E-state index in [1.807, 2.05) is 0 Å². The molecular formula is C35H32F3N5O6. The van der Waals surface area contributed by atoms with E-state index in [0.29, 0.717) is 52.5 Å². The number of nitrogens with zero attached hydrogens (tertiary/aromatic N) is 4. The van der Waals surface area contributed by atoms with Crippen molar-refractivity contribution in [3.05, 3.63) is 130 Å². The first-order chi connectivity index (χ1) is 23.6. The highest BCUT2D eigenvalue weighted by atomic mass is 19.4. The number of halogens is 3. The molecule has 0 bridgehead atoms. The zero-order valence-corrected chi connectivity index (χ0v) is 26.3. The fourth-order valence-corrected chi connectivity index (χ4v) is 5.33. The molecule has 254 valence electrons. The van der Waals surface area contributed by atoms with Gasteiger partial charge in [-0.2, -0.15) is 0 Å². The lowest BCUT2D eigenvalue weighted by atomic mass is 9.81. The Morgan fingerprint density at radius 2 is 1.76 bits per heavy atom. The first kappa shape index (κ1) is 34.6. The Labute approximate surface area is 279 Å². The van der Waals surface area contributed by atoms with Crippen LogP contribution in [-0.2, 0) is 22.5 Å². The predicted molar refractivity (Wildman–Crippen MR) is 174 cm³/mol. The van der Waals surface area contributed by atoms with Crippen LogP contribution < -0.4 is 19.5 Å². The number of carbonyl (C=O) groups excluding carboxylic acids is 1. The van der Waals surface area contributed by atoms with Crippen LogP contribution in [0.3, 0.4) is 0 Å². The summed E-state index contributed by atoms with van der Waals surface area (Å²) in [5.41, 5.74) is 10.1. The molecule has 1 amide bonds. The number of methoxy groups -OCH3 is 1. The Hall–Kier alpha value is -5.72. The van der Waals surface area contributed by atoms with Crippen LogP contribution in [0, 0.1) is 0 Å². The van der Waals surface area contributed by atoms with Gasteiger partial charge in [0.25, 0.3) is 5.91 Å². The standard InChI is InChI=1S/C35H32F3N5O6/c1-46-29-8-4-7-25(20-29)31-34(21-26-6-2-3-9-30(26)42-43-39,33(45)40-22-23-10-14-28(15-11-23)49-35(36,37)38)41-32(48-31)24-12-16-27(17-13-24)47-19-5-18-44/h2-4,6-17,20,31,44H,5,18-19,21-22H2,1H3,(H,40,45)/t31-,34-/m1/s1. The van der Waals surface area contributed by atoms with Gasteiger partial charge in [-0.3, -0.25) is 4.79 Å². The maximum atomic E-state index is 14.5. The predicted octanol–water partition coefficient (Wildman–Crippen LogP) is 7.11. The van der Waals surface area contributed by atoms with Gasteiger partial charge in [-0.1, -0.05) is 53.6 Å². The Morgan fingerprint density at radius 3 is 2.45 bits per heavy atom. The molecule has 0 radical (unpaired) electrons. The number of rotatable bonds is 14. The van der Waals surface area contributed by atoms with Crippen molar-refractivity contribution in [1.29, 1.82) is 0 Å². The molecule has 2 atom stereocenters. The highest BCUT2D eigenvalue weighted by Crippen LogP contribution is 2.44. The van der Waals surface area contributed by atoms with Gasteiger partial charge < -0.3 is 29.4 Å². The monoisotopic (exact) mass is 675 g/mol. The molecule has 2 N–H and O–H groups in total. The Morgan fingerprint density at radius 1 is 1.02 bits per heavy atom. The molecule has 1 aliphatic heterocycles. The van der Waals surface area contributed by atoms with Crippen LogP contribution in [0.2, 0.25) is 0 Å². The van der Waals surface area contributed by atoms with Crippen LogP contribution in [0.25, 0.3) is 10.4 Å². The van der Waals surface area contributed by atoms with Crippen LogP contribution >= 0.6 is 0 Å². The molecule has 4 aromatic carbocycles. The van der Waals surface area contributed by atoms with Gasteiger partial charge in [0.05, 0.1) is 13.7 Å². The van der Waals surface area contributed by atoms with Gasteiger partial charge in [0.1, 0.15) is 17.2 Å². The summed E-state index contributed by atoms with van der Waals surface area (Å²) in [5.74, 6) is 0.309. The molecule has 5 rings (SSSR count). The summed E-state index contributed by atoms with van der Waals surface area (Å²) in [6.07, 6.45) is -5.42. The number of azide groups is 1. The third kappa shape index (κ3) is 8.61. The topological polar surface area (TPSA) is 147 Å². The number of carbonyl (C=O) groups is 1. The summed E-state index contributed by atoms with van der Waals surface area (Å²) in [5, 5.41) is 15.8. The van der Waals surface area contributed by atoms with E-state index in [4.69, 9.17) is 24.3 Å². The molecule has 1 heterocycles. The Bertz CT molecular complexity index is 1830. The van der Waals surface area contributed by atoms with Crippen molar-refractivity contribution in [2.75, 3.05) is 20.3 Å². The number of aliphatic hydroxyl groups excluding tert-OH is 1. The molecule has 0 saturated carbocycles. The number of nitrogens with one attached hydrogen (secondary N) is 1. The molecule has 14 heteroatoms. The minimum Gasteiger partial charge on any atom is -0.497 e. The van der Waals surface area contributed by atoms with E-state index in [9.17, 15) is 23.5 Å². The van der Waals surface area contributed by atoms with Crippen molar-refractivity contribution in [2.45, 2.75) is 37.4 Å². The van der Waals surface area contributed by atoms with Crippen molar-refractivity contribution >= 4 is 17.5 Å². The van der Waals surface area contributed by atoms with E-state index < -0.39 is 29.7 Å². The maximum absolute atomic E-state index is 14.5. The van der Waals surface area contributed by atoms with E-state index >= 15 is 0 Å². The molecule has 0 aliphatic carbocycles. The number of hydrogen-bond acceptors (Lipinski definition) is 8. The first-order valence-corrected chi connectivity index (χ1v) is 15.1. The van der Waals surface area contributed by atoms with Crippen molar-refractivity contribution < 1.29 is 42.0 Å². The lowest BCUT2D eigenvalue weighted by Crippen LogP contribution is -2.49. The van der Waals surface area contributed by atoms with Crippen molar-refractivity contribution in [1.82, 2.24) is 5.32 Å². The first-order valence-electron chi connectivity index (χ1n) is 15.1. The van der Waals surface area contributed by atoms with Crippen LogP contribution in [0.4, 0.5) is 18.9 Å². The minimum atomic E-state index is -4.84. The highest BCUT2D eigenvalue weighted by Gasteiger charge is 2.53. The largest absolute Gasteiger partial charge is 0.573 e. The summed E-state index contributed by atoms with van der Waals surface area (Å²) in [7, 11) is 1.52. The smallest absolute Gasteiger partial charge is 0.497 e. The van der Waals surface area contributed by atoms with Gasteiger partial charge in [0.15, 0.2) is 11.6 Å². The van der Waals surface area contributed by atoms with Crippen molar-refractivity contribution in [2.24, 2.45) is 10.1 Å². The Kier molecular flexibility index (Phi) is 10.9. The van der Waals surface area contributed by atoms with Gasteiger partial charge in [0.2, 0.25) is 5.90 Å². The second-order valence-electron chi connectivity index (χ2n) is 10.9. The summed E-state index contributed by atoms with van der Waals surface area (Å²) >= 11 is 0. The molecule has 11 nitrogen and oxygen atoms in total. The zero-order chi connectivity index (χ0) is 34.9. The molecule has 0 unspecified atom stereocenters. The lowest BCUT2D eigenvalue weighted by Gasteiger charge is -2.31. The van der Waals surface area contributed by atoms with Gasteiger partial charge in [0, 0.05) is 42.2 Å². The molecule has 0 saturated heterocycles. The maximum Gasteiger partial charge on any atom is 0.573 e. The van der Waals surface area contributed by atoms with Crippen molar-refractivity contribution in [3.63, 3.8) is 0 Å². The molecule has 1 aliphatic rings. The van der Waals surface area contributed by atoms with Gasteiger partial charge in [-0.25, -0.2) is 4.99 Å². The van der Waals surface area contributed by atoms with Crippen LogP contribution in [0.15, 0.2) is 107 Å². The number of alkyl halides is 3. The third-order valence-corrected chi connectivity index (χ3v) is 7.64. The zero-order valence-electron chi connectivity index (χ0n) is 26.3. The van der Waals surface area contributed by atoms with E-state index in [0.717, 1.165) is 12.1 Å². The van der Waals surface area contributed by atoms with Gasteiger partial charge in [-0.15, -0.1) is 13.2 Å². The van der Waals surface area contributed by atoms with E-state index in [1.54, 1.807) is 72.8 Å². The number of amides is 1. The lowest BCUT2D eigenvalue weighted by molar-refractivity contribution is -0.274. The van der Waals surface area contributed by atoms with E-state index in [2.05, 4.69) is 20.1 Å². The molecule has 0 aromatic heterocycles. The molecule has 0 spiro atoms. The molecule has 0 fully saturated rings. The number of ether oxygens (including phenoxy) is 4. The highest BCUT2D eigenvalue weighted by molar-refractivity contribution is 6.01. The molecule has 4 aromatic rings. The van der Waals surface area contributed by atoms with E-state index in [1.165, 1.54) is 19.2 Å². The molecule has 49 heavy (non-hydrogen) atoms. The second-order valence-corrected chi connectivity index (χ2v) is 10.9. The third-order valence-electron chi connectivity index (χ3n) is 7.64. The minimum absolute atomic E-state index is 0.000867. The normalized spacial score (nSPS) is 16.9. The summed E-state index contributed by atoms with van der Waals surface area (Å²) in [6.45, 7) is 0.275. The van der Waals surface area contributed by atoms with Gasteiger partial charge in [-0.05, 0) is 70.8 Å². The van der Waals surface area contributed by atoms with Crippen molar-refractivity contribution in [3.8, 4) is 17.2 Å². The number of benzene rings is 4. The Balaban J connectivity index is 1.56. The summed E-state index contributed by atoms with van der Waals surface area (Å²) < 4.78 is 59.6. The molecular weight excluding hydrogens is 643 g/mol. The fourth-order valence-electron chi connectivity index (χ4n) is 5.33. The van der Waals surface area contributed by atoms with Crippen LogP contribution in [0.1, 0.15) is 34.8 Å².